The molecular weight excluding hydrogens is 416 g/mol. The number of piperidine rings is 1. The second kappa shape index (κ2) is 9.66. The number of rotatable bonds is 5. The number of aromatic nitrogens is 1. The number of nitrogens with one attached hydrogen (secondary N) is 1. The van der Waals surface area contributed by atoms with Crippen LogP contribution in [0.2, 0.25) is 0 Å². The summed E-state index contributed by atoms with van der Waals surface area (Å²) >= 11 is 0. The van der Waals surface area contributed by atoms with Crippen molar-refractivity contribution < 1.29 is 0 Å². The van der Waals surface area contributed by atoms with Crippen molar-refractivity contribution in [2.45, 2.75) is 63.7 Å². The SMILES string of the molecule is C=C/C=C(\C=C/C)CC1=CCC2(CCN(c3cc4c(c(=O)[nH]3)CCCC4)CC2)c2ccccc21. The van der Waals surface area contributed by atoms with E-state index in [1.807, 2.05) is 6.08 Å². The van der Waals surface area contributed by atoms with Gasteiger partial charge >= 0.3 is 0 Å². The molecule has 3 aliphatic rings. The van der Waals surface area contributed by atoms with Crippen molar-refractivity contribution in [3.05, 3.63) is 105 Å². The average molecular weight is 453 g/mol. The molecule has 1 aliphatic heterocycles. The second-order valence-electron chi connectivity index (χ2n) is 10.1. The van der Waals surface area contributed by atoms with Crippen molar-refractivity contribution in [2.24, 2.45) is 0 Å². The number of benzene rings is 1. The number of aryl methyl sites for hydroxylation is 1. The lowest BCUT2D eigenvalue weighted by atomic mass is 9.65. The van der Waals surface area contributed by atoms with Gasteiger partial charge in [-0.1, -0.05) is 61.2 Å². The molecule has 2 heterocycles. The van der Waals surface area contributed by atoms with Gasteiger partial charge in [-0.15, -0.1) is 0 Å². The van der Waals surface area contributed by atoms with Crippen LogP contribution in [0.3, 0.4) is 0 Å². The molecule has 3 heteroatoms. The summed E-state index contributed by atoms with van der Waals surface area (Å²) in [6.45, 7) is 7.92. The summed E-state index contributed by atoms with van der Waals surface area (Å²) in [5, 5.41) is 0. The van der Waals surface area contributed by atoms with Gasteiger partial charge in [0.1, 0.15) is 5.82 Å². The topological polar surface area (TPSA) is 36.1 Å². The zero-order chi connectivity index (χ0) is 23.5. The maximum absolute atomic E-state index is 12.7. The lowest BCUT2D eigenvalue weighted by Gasteiger charge is -2.45. The predicted molar refractivity (Wildman–Crippen MR) is 144 cm³/mol. The number of pyridine rings is 1. The number of fused-ring (bicyclic) bond motifs is 3. The Labute approximate surface area is 203 Å². The lowest BCUT2D eigenvalue weighted by molar-refractivity contribution is 0.329. The highest BCUT2D eigenvalue weighted by Gasteiger charge is 2.39. The van der Waals surface area contributed by atoms with Crippen molar-refractivity contribution in [1.82, 2.24) is 4.98 Å². The highest BCUT2D eigenvalue weighted by atomic mass is 16.1. The number of aromatic amines is 1. The highest BCUT2D eigenvalue weighted by molar-refractivity contribution is 5.74. The highest BCUT2D eigenvalue weighted by Crippen LogP contribution is 2.47. The molecule has 0 bridgehead atoms. The van der Waals surface area contributed by atoms with Gasteiger partial charge in [0.25, 0.3) is 5.56 Å². The first-order chi connectivity index (χ1) is 16.6. The molecule has 1 spiro atoms. The van der Waals surface area contributed by atoms with Crippen LogP contribution in [0.4, 0.5) is 5.82 Å². The molecular formula is C31H36N2O. The van der Waals surface area contributed by atoms with Gasteiger partial charge in [-0.05, 0) is 92.2 Å². The number of allylic oxidation sites excluding steroid dienone is 7. The van der Waals surface area contributed by atoms with Gasteiger partial charge in [-0.2, -0.15) is 0 Å². The van der Waals surface area contributed by atoms with Crippen LogP contribution in [-0.2, 0) is 18.3 Å². The predicted octanol–water partition coefficient (Wildman–Crippen LogP) is 6.66. The molecule has 1 aromatic heterocycles. The van der Waals surface area contributed by atoms with Crippen molar-refractivity contribution >= 4 is 11.4 Å². The molecule has 5 rings (SSSR count). The summed E-state index contributed by atoms with van der Waals surface area (Å²) in [6.07, 6.45) is 19.3. The Kier molecular flexibility index (Phi) is 6.45. The molecule has 34 heavy (non-hydrogen) atoms. The molecule has 0 amide bonds. The molecule has 0 unspecified atom stereocenters. The first-order valence-electron chi connectivity index (χ1n) is 12.9. The van der Waals surface area contributed by atoms with E-state index in [4.69, 9.17) is 0 Å². The van der Waals surface area contributed by atoms with E-state index in [0.717, 1.165) is 69.4 Å². The van der Waals surface area contributed by atoms with Crippen molar-refractivity contribution in [3.8, 4) is 0 Å². The fourth-order valence-electron chi connectivity index (χ4n) is 6.25. The molecule has 0 atom stereocenters. The summed E-state index contributed by atoms with van der Waals surface area (Å²) in [6, 6.07) is 11.3. The van der Waals surface area contributed by atoms with Gasteiger partial charge in [0, 0.05) is 24.1 Å². The van der Waals surface area contributed by atoms with E-state index in [9.17, 15) is 4.79 Å². The zero-order valence-corrected chi connectivity index (χ0v) is 20.4. The third-order valence-electron chi connectivity index (χ3n) is 8.09. The number of nitrogens with zero attached hydrogens (tertiary/aromatic N) is 1. The minimum absolute atomic E-state index is 0.132. The van der Waals surface area contributed by atoms with E-state index in [1.54, 1.807) is 0 Å². The third kappa shape index (κ3) is 4.24. The quantitative estimate of drug-likeness (QED) is 0.515. The number of anilines is 1. The molecule has 1 N–H and O–H groups in total. The van der Waals surface area contributed by atoms with E-state index in [-0.39, 0.29) is 11.0 Å². The molecule has 1 fully saturated rings. The summed E-state index contributed by atoms with van der Waals surface area (Å²) < 4.78 is 0. The van der Waals surface area contributed by atoms with Crippen molar-refractivity contribution in [3.63, 3.8) is 0 Å². The molecule has 3 nitrogen and oxygen atoms in total. The lowest BCUT2D eigenvalue weighted by Crippen LogP contribution is -2.44. The van der Waals surface area contributed by atoms with Gasteiger partial charge in [0.15, 0.2) is 0 Å². The monoisotopic (exact) mass is 452 g/mol. The summed E-state index contributed by atoms with van der Waals surface area (Å²) in [4.78, 5) is 18.3. The Balaban J connectivity index is 1.38. The molecule has 1 aromatic carbocycles. The van der Waals surface area contributed by atoms with Gasteiger partial charge in [-0.25, -0.2) is 0 Å². The zero-order valence-electron chi connectivity index (χ0n) is 20.4. The molecule has 2 aliphatic carbocycles. The van der Waals surface area contributed by atoms with E-state index in [2.05, 4.69) is 78.0 Å². The Morgan fingerprint density at radius 2 is 1.97 bits per heavy atom. The van der Waals surface area contributed by atoms with E-state index in [0.29, 0.717) is 0 Å². The molecule has 1 saturated heterocycles. The molecule has 0 radical (unpaired) electrons. The Morgan fingerprint density at radius 3 is 2.76 bits per heavy atom. The van der Waals surface area contributed by atoms with Crippen LogP contribution in [0.25, 0.3) is 5.57 Å². The van der Waals surface area contributed by atoms with Crippen LogP contribution in [0.5, 0.6) is 0 Å². The number of H-pyrrole nitrogens is 1. The standard InChI is InChI=1S/C31H36N2O/c1-3-9-23(10-4-2)21-25-15-16-31(28-14-8-7-12-26(25)28)17-19-33(20-18-31)29-22-24-11-5-6-13-27(24)30(34)32-29/h3-4,7-10,12,14-15,22H,1,5-6,11,13,16-21H2,2H3,(H,32,34)/b10-4-,23-9+. The first kappa shape index (κ1) is 22.7. The van der Waals surface area contributed by atoms with Crippen molar-refractivity contribution in [2.75, 3.05) is 18.0 Å². The number of hydrogen-bond acceptors (Lipinski definition) is 2. The summed E-state index contributed by atoms with van der Waals surface area (Å²) in [7, 11) is 0. The van der Waals surface area contributed by atoms with Crippen LogP contribution in [0, 0.1) is 0 Å². The molecule has 0 saturated carbocycles. The minimum Gasteiger partial charge on any atom is -0.358 e. The van der Waals surface area contributed by atoms with Gasteiger partial charge in [-0.3, -0.25) is 4.79 Å². The minimum atomic E-state index is 0.132. The Hall–Kier alpha value is -3.07. The normalized spacial score (nSPS) is 19.6. The van der Waals surface area contributed by atoms with Crippen LogP contribution < -0.4 is 10.5 Å². The summed E-state index contributed by atoms with van der Waals surface area (Å²) in [5.74, 6) is 1.02. The Morgan fingerprint density at radius 1 is 1.18 bits per heavy atom. The summed E-state index contributed by atoms with van der Waals surface area (Å²) in [5.41, 5.74) is 8.24. The average Bonchev–Trinajstić information content (AvgIpc) is 2.87. The van der Waals surface area contributed by atoms with Crippen molar-refractivity contribution in [1.29, 1.82) is 0 Å². The van der Waals surface area contributed by atoms with Crippen LogP contribution in [-0.4, -0.2) is 18.1 Å². The maximum Gasteiger partial charge on any atom is 0.252 e. The van der Waals surface area contributed by atoms with Crippen LogP contribution in [0.15, 0.2) is 77.7 Å². The molecule has 176 valence electrons. The van der Waals surface area contributed by atoms with Gasteiger partial charge < -0.3 is 9.88 Å². The third-order valence-corrected chi connectivity index (χ3v) is 8.09. The fourth-order valence-corrected chi connectivity index (χ4v) is 6.25. The van der Waals surface area contributed by atoms with Gasteiger partial charge in [0.05, 0.1) is 0 Å². The van der Waals surface area contributed by atoms with E-state index >= 15 is 0 Å². The fraction of sp³-hybridized carbons (Fsp3) is 0.387. The second-order valence-corrected chi connectivity index (χ2v) is 10.1. The smallest absolute Gasteiger partial charge is 0.252 e. The van der Waals surface area contributed by atoms with E-state index in [1.165, 1.54) is 34.3 Å². The van der Waals surface area contributed by atoms with E-state index < -0.39 is 0 Å². The Bertz CT molecular complexity index is 1220. The van der Waals surface area contributed by atoms with Crippen LogP contribution in [0.1, 0.15) is 67.7 Å². The van der Waals surface area contributed by atoms with Crippen LogP contribution >= 0.6 is 0 Å². The largest absolute Gasteiger partial charge is 0.358 e. The number of hydrogen-bond donors (Lipinski definition) is 1. The molecule has 2 aromatic rings. The first-order valence-corrected chi connectivity index (χ1v) is 12.9. The van der Waals surface area contributed by atoms with Gasteiger partial charge in [0.2, 0.25) is 0 Å². The maximum atomic E-state index is 12.7.